The second kappa shape index (κ2) is 4.82. The Hall–Kier alpha value is -2.10. The summed E-state index contributed by atoms with van der Waals surface area (Å²) in [6, 6.07) is 7.99. The van der Waals surface area contributed by atoms with Crippen molar-refractivity contribution in [2.24, 2.45) is 0 Å². The summed E-state index contributed by atoms with van der Waals surface area (Å²) in [6.45, 7) is 4.21. The van der Waals surface area contributed by atoms with E-state index >= 15 is 0 Å². The van der Waals surface area contributed by atoms with Gasteiger partial charge in [-0.25, -0.2) is 4.98 Å². The molecule has 1 aromatic heterocycles. The minimum absolute atomic E-state index is 0.243. The van der Waals surface area contributed by atoms with Gasteiger partial charge in [-0.05, 0) is 12.5 Å². The van der Waals surface area contributed by atoms with E-state index < -0.39 is 0 Å². The molecule has 0 fully saturated rings. The van der Waals surface area contributed by atoms with Crippen LogP contribution in [-0.2, 0) is 6.54 Å². The third-order valence-corrected chi connectivity index (χ3v) is 2.38. The van der Waals surface area contributed by atoms with Gasteiger partial charge in [0.25, 0.3) is 5.91 Å². The van der Waals surface area contributed by atoms with Crippen molar-refractivity contribution in [3.8, 4) is 0 Å². The molecule has 1 heterocycles. The molecular formula is C13H14N2O2. The number of rotatable bonds is 3. The summed E-state index contributed by atoms with van der Waals surface area (Å²) in [7, 11) is 0. The van der Waals surface area contributed by atoms with Crippen LogP contribution in [0.1, 0.15) is 27.6 Å². The monoisotopic (exact) mass is 230 g/mol. The predicted octanol–water partition coefficient (Wildman–Crippen LogP) is 2.22. The van der Waals surface area contributed by atoms with E-state index in [-0.39, 0.29) is 11.7 Å². The highest BCUT2D eigenvalue weighted by Crippen LogP contribution is 2.05. The fourth-order valence-electron chi connectivity index (χ4n) is 1.56. The molecule has 1 amide bonds. The van der Waals surface area contributed by atoms with Crippen molar-refractivity contribution in [2.75, 3.05) is 0 Å². The van der Waals surface area contributed by atoms with E-state index in [0.29, 0.717) is 12.4 Å². The standard InChI is InChI=1S/C13H14N2O2/c1-9-4-3-5-11(6-9)7-15-13(16)12-8-14-10(2)17-12/h3-6,8H,7H2,1-2H3,(H,15,16). The summed E-state index contributed by atoms with van der Waals surface area (Å²) in [4.78, 5) is 15.6. The van der Waals surface area contributed by atoms with Gasteiger partial charge in [-0.15, -0.1) is 0 Å². The third-order valence-electron chi connectivity index (χ3n) is 2.38. The highest BCUT2D eigenvalue weighted by Gasteiger charge is 2.09. The van der Waals surface area contributed by atoms with Gasteiger partial charge in [-0.3, -0.25) is 4.79 Å². The van der Waals surface area contributed by atoms with E-state index in [1.807, 2.05) is 31.2 Å². The molecule has 0 spiro atoms. The van der Waals surface area contributed by atoms with Crippen LogP contribution >= 0.6 is 0 Å². The van der Waals surface area contributed by atoms with E-state index in [2.05, 4.69) is 10.3 Å². The van der Waals surface area contributed by atoms with Crippen LogP contribution in [0.2, 0.25) is 0 Å². The SMILES string of the molecule is Cc1cccc(CNC(=O)c2cnc(C)o2)c1. The van der Waals surface area contributed by atoms with Gasteiger partial charge in [0, 0.05) is 13.5 Å². The van der Waals surface area contributed by atoms with Gasteiger partial charge in [-0.2, -0.15) is 0 Å². The Morgan fingerprint density at radius 3 is 2.88 bits per heavy atom. The van der Waals surface area contributed by atoms with Crippen molar-refractivity contribution < 1.29 is 9.21 Å². The Morgan fingerprint density at radius 2 is 2.24 bits per heavy atom. The van der Waals surface area contributed by atoms with Crippen molar-refractivity contribution in [3.05, 3.63) is 53.2 Å². The zero-order valence-corrected chi connectivity index (χ0v) is 9.86. The molecule has 0 saturated carbocycles. The quantitative estimate of drug-likeness (QED) is 0.879. The van der Waals surface area contributed by atoms with Crippen molar-refractivity contribution >= 4 is 5.91 Å². The first-order chi connectivity index (χ1) is 8.15. The average molecular weight is 230 g/mol. The van der Waals surface area contributed by atoms with E-state index in [1.54, 1.807) is 6.92 Å². The number of aromatic nitrogens is 1. The molecule has 4 nitrogen and oxygen atoms in total. The molecule has 4 heteroatoms. The number of carbonyl (C=O) groups is 1. The molecule has 0 radical (unpaired) electrons. The molecule has 0 saturated heterocycles. The summed E-state index contributed by atoms with van der Waals surface area (Å²) in [5.74, 6) is 0.493. The van der Waals surface area contributed by atoms with Gasteiger partial charge >= 0.3 is 0 Å². The molecule has 0 atom stereocenters. The number of hydrogen-bond acceptors (Lipinski definition) is 3. The average Bonchev–Trinajstić information content (AvgIpc) is 2.73. The van der Waals surface area contributed by atoms with Crippen LogP contribution < -0.4 is 5.32 Å². The van der Waals surface area contributed by atoms with Crippen molar-refractivity contribution in [1.29, 1.82) is 0 Å². The van der Waals surface area contributed by atoms with Crippen LogP contribution in [0.25, 0.3) is 0 Å². The summed E-state index contributed by atoms with van der Waals surface area (Å²) < 4.78 is 5.13. The van der Waals surface area contributed by atoms with E-state index in [1.165, 1.54) is 11.8 Å². The fraction of sp³-hybridized carbons (Fsp3) is 0.231. The number of benzene rings is 1. The number of nitrogens with one attached hydrogen (secondary N) is 1. The minimum atomic E-state index is -0.243. The maximum absolute atomic E-state index is 11.7. The molecule has 17 heavy (non-hydrogen) atoms. The van der Waals surface area contributed by atoms with E-state index in [0.717, 1.165) is 5.56 Å². The van der Waals surface area contributed by atoms with Gasteiger partial charge in [0.15, 0.2) is 5.89 Å². The number of amides is 1. The van der Waals surface area contributed by atoms with Crippen LogP contribution in [-0.4, -0.2) is 10.9 Å². The maximum atomic E-state index is 11.7. The summed E-state index contributed by atoms with van der Waals surface area (Å²) in [5, 5.41) is 2.78. The zero-order chi connectivity index (χ0) is 12.3. The van der Waals surface area contributed by atoms with Gasteiger partial charge in [0.1, 0.15) is 0 Å². The maximum Gasteiger partial charge on any atom is 0.288 e. The second-order valence-electron chi connectivity index (χ2n) is 3.92. The Bertz CT molecular complexity index is 532. The van der Waals surface area contributed by atoms with Crippen molar-refractivity contribution in [2.45, 2.75) is 20.4 Å². The third kappa shape index (κ3) is 2.93. The highest BCUT2D eigenvalue weighted by molar-refractivity contribution is 5.91. The number of oxazole rings is 1. The number of hydrogen-bond donors (Lipinski definition) is 1. The minimum Gasteiger partial charge on any atom is -0.436 e. The highest BCUT2D eigenvalue weighted by atomic mass is 16.4. The lowest BCUT2D eigenvalue weighted by atomic mass is 10.1. The molecular weight excluding hydrogens is 216 g/mol. The Morgan fingerprint density at radius 1 is 1.41 bits per heavy atom. The first-order valence-electron chi connectivity index (χ1n) is 5.41. The fourth-order valence-corrected chi connectivity index (χ4v) is 1.56. The van der Waals surface area contributed by atoms with Gasteiger partial charge in [-0.1, -0.05) is 29.8 Å². The largest absolute Gasteiger partial charge is 0.436 e. The molecule has 1 aromatic carbocycles. The van der Waals surface area contributed by atoms with Crippen molar-refractivity contribution in [3.63, 3.8) is 0 Å². The molecule has 0 bridgehead atoms. The molecule has 0 unspecified atom stereocenters. The molecule has 0 aliphatic carbocycles. The van der Waals surface area contributed by atoms with E-state index in [9.17, 15) is 4.79 Å². The first-order valence-corrected chi connectivity index (χ1v) is 5.41. The lowest BCUT2D eigenvalue weighted by molar-refractivity contribution is 0.0922. The summed E-state index contributed by atoms with van der Waals surface area (Å²) in [5.41, 5.74) is 2.24. The second-order valence-corrected chi connectivity index (χ2v) is 3.92. The van der Waals surface area contributed by atoms with Crippen LogP contribution in [0.15, 0.2) is 34.9 Å². The van der Waals surface area contributed by atoms with Gasteiger partial charge in [0.2, 0.25) is 5.76 Å². The molecule has 2 aromatic rings. The Balaban J connectivity index is 1.97. The zero-order valence-electron chi connectivity index (χ0n) is 9.86. The van der Waals surface area contributed by atoms with Crippen LogP contribution in [0.3, 0.4) is 0 Å². The van der Waals surface area contributed by atoms with Gasteiger partial charge in [0.05, 0.1) is 6.20 Å². The number of carbonyl (C=O) groups excluding carboxylic acids is 1. The summed E-state index contributed by atoms with van der Waals surface area (Å²) in [6.07, 6.45) is 1.43. The Kier molecular flexibility index (Phi) is 3.23. The molecule has 1 N–H and O–H groups in total. The van der Waals surface area contributed by atoms with Crippen LogP contribution in [0.4, 0.5) is 0 Å². The van der Waals surface area contributed by atoms with Crippen LogP contribution in [0, 0.1) is 13.8 Å². The Labute approximate surface area is 99.7 Å². The molecule has 2 rings (SSSR count). The van der Waals surface area contributed by atoms with Gasteiger partial charge < -0.3 is 9.73 Å². The smallest absolute Gasteiger partial charge is 0.288 e. The normalized spacial score (nSPS) is 10.2. The molecule has 0 aliphatic rings. The first kappa shape index (κ1) is 11.4. The topological polar surface area (TPSA) is 55.1 Å². The lowest BCUT2D eigenvalue weighted by Crippen LogP contribution is -2.22. The summed E-state index contributed by atoms with van der Waals surface area (Å²) >= 11 is 0. The number of aryl methyl sites for hydroxylation is 2. The lowest BCUT2D eigenvalue weighted by Gasteiger charge is -2.03. The van der Waals surface area contributed by atoms with E-state index in [4.69, 9.17) is 4.42 Å². The van der Waals surface area contributed by atoms with Crippen LogP contribution in [0.5, 0.6) is 0 Å². The molecule has 0 aliphatic heterocycles. The van der Waals surface area contributed by atoms with Crippen molar-refractivity contribution in [1.82, 2.24) is 10.3 Å². The number of nitrogens with zero attached hydrogens (tertiary/aromatic N) is 1. The predicted molar refractivity (Wildman–Crippen MR) is 63.6 cm³/mol. The molecule has 88 valence electrons.